The van der Waals surface area contributed by atoms with E-state index in [1.807, 2.05) is 0 Å². The molecule has 74 valence electrons. The van der Waals surface area contributed by atoms with Gasteiger partial charge in [0.15, 0.2) is 0 Å². The Kier molecular flexibility index (Phi) is 3.04. The summed E-state index contributed by atoms with van der Waals surface area (Å²) >= 11 is 4.71. The third-order valence-corrected chi connectivity index (χ3v) is 4.11. The van der Waals surface area contributed by atoms with E-state index in [0.29, 0.717) is 10.2 Å². The number of nitrogens with zero attached hydrogens (tertiary/aromatic N) is 3. The van der Waals surface area contributed by atoms with Crippen molar-refractivity contribution < 1.29 is 0 Å². The molecule has 0 aliphatic carbocycles. The van der Waals surface area contributed by atoms with Gasteiger partial charge in [-0.25, -0.2) is 0 Å². The molecule has 1 aliphatic heterocycles. The first-order chi connectivity index (χ1) is 6.83. The summed E-state index contributed by atoms with van der Waals surface area (Å²) in [6.45, 7) is 2.12. The summed E-state index contributed by atoms with van der Waals surface area (Å²) < 4.78 is 4.84. The van der Waals surface area contributed by atoms with Gasteiger partial charge < -0.3 is 4.90 Å². The largest absolute Gasteiger partial charge is 0.361 e. The summed E-state index contributed by atoms with van der Waals surface area (Å²) in [7, 11) is 0. The number of hydrogen-bond acceptors (Lipinski definition) is 4. The smallest absolute Gasteiger partial charge is 0.139 e. The van der Waals surface area contributed by atoms with Crippen molar-refractivity contribution in [3.63, 3.8) is 0 Å². The van der Waals surface area contributed by atoms with Crippen LogP contribution in [0.5, 0.6) is 0 Å². The van der Waals surface area contributed by atoms with Gasteiger partial charge in [-0.15, -0.1) is 0 Å². The Hall–Kier alpha value is -0.600. The lowest BCUT2D eigenvalue weighted by atomic mass is 10.1. The maximum absolute atomic E-state index is 8.98. The maximum Gasteiger partial charge on any atom is 0.139 e. The van der Waals surface area contributed by atoms with Crippen molar-refractivity contribution in [3.05, 3.63) is 10.2 Å². The fourth-order valence-corrected chi connectivity index (χ4v) is 3.08. The minimum Gasteiger partial charge on any atom is -0.361 e. The van der Waals surface area contributed by atoms with Gasteiger partial charge in [-0.2, -0.15) is 9.64 Å². The Morgan fingerprint density at radius 3 is 2.71 bits per heavy atom. The molecule has 1 saturated heterocycles. The molecular weight excluding hydrogens is 262 g/mol. The minimum atomic E-state index is 0.686. The molecule has 0 unspecified atom stereocenters. The van der Waals surface area contributed by atoms with E-state index >= 15 is 0 Å². The third kappa shape index (κ3) is 1.77. The topological polar surface area (TPSA) is 39.9 Å². The van der Waals surface area contributed by atoms with Crippen LogP contribution in [0.15, 0.2) is 4.60 Å². The lowest BCUT2D eigenvalue weighted by Gasteiger charge is -2.26. The number of rotatable bonds is 1. The van der Waals surface area contributed by atoms with Crippen LogP contribution in [0, 0.1) is 11.3 Å². The van der Waals surface area contributed by atoms with Gasteiger partial charge in [-0.1, -0.05) is 0 Å². The highest BCUT2D eigenvalue weighted by Crippen LogP contribution is 2.32. The molecule has 1 fully saturated rings. The van der Waals surface area contributed by atoms with Gasteiger partial charge in [0, 0.05) is 13.1 Å². The van der Waals surface area contributed by atoms with E-state index in [9.17, 15) is 0 Å². The van der Waals surface area contributed by atoms with Gasteiger partial charge in [-0.3, -0.25) is 0 Å². The van der Waals surface area contributed by atoms with Gasteiger partial charge >= 0.3 is 0 Å². The number of hydrogen-bond donors (Lipinski definition) is 0. The molecule has 2 heterocycles. The van der Waals surface area contributed by atoms with Crippen LogP contribution in [0.3, 0.4) is 0 Å². The highest BCUT2D eigenvalue weighted by atomic mass is 79.9. The number of nitriles is 1. The summed E-state index contributed by atoms with van der Waals surface area (Å²) in [5.74, 6) is 0. The Labute approximate surface area is 95.6 Å². The third-order valence-electron chi connectivity index (χ3n) is 2.39. The molecule has 5 heteroatoms. The summed E-state index contributed by atoms with van der Waals surface area (Å²) in [5.41, 5.74) is 0.692. The molecule has 2 rings (SSSR count). The summed E-state index contributed by atoms with van der Waals surface area (Å²) in [6, 6.07) is 2.20. The van der Waals surface area contributed by atoms with Crippen molar-refractivity contribution >= 4 is 32.5 Å². The molecule has 1 aromatic heterocycles. The first kappa shape index (κ1) is 9.94. The Morgan fingerprint density at radius 2 is 2.07 bits per heavy atom. The van der Waals surface area contributed by atoms with Crippen LogP contribution < -0.4 is 4.90 Å². The van der Waals surface area contributed by atoms with Crippen molar-refractivity contribution in [2.24, 2.45) is 0 Å². The van der Waals surface area contributed by atoms with Crippen molar-refractivity contribution in [1.29, 1.82) is 5.26 Å². The number of halogens is 1. The van der Waals surface area contributed by atoms with Crippen LogP contribution in [0.25, 0.3) is 0 Å². The van der Waals surface area contributed by atoms with E-state index in [0.717, 1.165) is 18.1 Å². The first-order valence-corrected chi connectivity index (χ1v) is 6.20. The van der Waals surface area contributed by atoms with Crippen LogP contribution in [-0.4, -0.2) is 17.5 Å². The molecule has 0 atom stereocenters. The number of aromatic nitrogens is 1. The molecular formula is C9H10BrN3S. The van der Waals surface area contributed by atoms with E-state index in [4.69, 9.17) is 5.26 Å². The summed E-state index contributed by atoms with van der Waals surface area (Å²) in [4.78, 5) is 2.27. The Morgan fingerprint density at radius 1 is 1.36 bits per heavy atom. The summed E-state index contributed by atoms with van der Waals surface area (Å²) in [6.07, 6.45) is 3.75. The molecule has 0 spiro atoms. The fourth-order valence-electron chi connectivity index (χ4n) is 1.67. The fraction of sp³-hybridized carbons (Fsp3) is 0.556. The zero-order valence-electron chi connectivity index (χ0n) is 7.66. The van der Waals surface area contributed by atoms with E-state index in [1.165, 1.54) is 30.8 Å². The van der Waals surface area contributed by atoms with E-state index in [-0.39, 0.29) is 0 Å². The molecule has 0 N–H and O–H groups in total. The van der Waals surface area contributed by atoms with Crippen LogP contribution in [-0.2, 0) is 0 Å². The highest BCUT2D eigenvalue weighted by molar-refractivity contribution is 9.10. The molecule has 3 nitrogen and oxygen atoms in total. The average molecular weight is 272 g/mol. The second kappa shape index (κ2) is 4.28. The van der Waals surface area contributed by atoms with Crippen molar-refractivity contribution in [2.45, 2.75) is 19.3 Å². The van der Waals surface area contributed by atoms with Crippen LogP contribution in [0.4, 0.5) is 5.00 Å². The number of piperidine rings is 1. The van der Waals surface area contributed by atoms with Gasteiger partial charge in [-0.05, 0) is 46.7 Å². The first-order valence-electron chi connectivity index (χ1n) is 4.63. The second-order valence-electron chi connectivity index (χ2n) is 3.31. The van der Waals surface area contributed by atoms with Gasteiger partial charge in [0.05, 0.1) is 0 Å². The average Bonchev–Trinajstić information content (AvgIpc) is 2.61. The lowest BCUT2D eigenvalue weighted by molar-refractivity contribution is 0.580. The Balaban J connectivity index is 2.26. The standard InChI is InChI=1S/C9H10BrN3S/c10-8-7(6-11)9(14-12-8)13-4-2-1-3-5-13/h1-5H2. The molecule has 0 saturated carbocycles. The van der Waals surface area contributed by atoms with Crippen molar-refractivity contribution in [2.75, 3.05) is 18.0 Å². The van der Waals surface area contributed by atoms with Gasteiger partial charge in [0.2, 0.25) is 0 Å². The maximum atomic E-state index is 8.98. The lowest BCUT2D eigenvalue weighted by Crippen LogP contribution is -2.29. The van der Waals surface area contributed by atoms with E-state index in [2.05, 4.69) is 31.3 Å². The normalized spacial score (nSPS) is 16.7. The van der Waals surface area contributed by atoms with E-state index < -0.39 is 0 Å². The highest BCUT2D eigenvalue weighted by Gasteiger charge is 2.19. The van der Waals surface area contributed by atoms with Crippen LogP contribution in [0.1, 0.15) is 24.8 Å². The Bertz CT molecular complexity index is 363. The molecule has 0 aromatic carbocycles. The van der Waals surface area contributed by atoms with E-state index in [1.54, 1.807) is 0 Å². The quantitative estimate of drug-likeness (QED) is 0.789. The van der Waals surface area contributed by atoms with Crippen LogP contribution in [0.2, 0.25) is 0 Å². The SMILES string of the molecule is N#Cc1c(Br)nsc1N1CCCCC1. The second-order valence-corrected chi connectivity index (χ2v) is 4.82. The summed E-state index contributed by atoms with van der Waals surface area (Å²) in [5, 5.41) is 10.0. The monoisotopic (exact) mass is 271 g/mol. The van der Waals surface area contributed by atoms with Gasteiger partial charge in [0.1, 0.15) is 21.2 Å². The molecule has 14 heavy (non-hydrogen) atoms. The van der Waals surface area contributed by atoms with Gasteiger partial charge in [0.25, 0.3) is 0 Å². The molecule has 1 aliphatic rings. The zero-order chi connectivity index (χ0) is 9.97. The molecule has 1 aromatic rings. The zero-order valence-corrected chi connectivity index (χ0v) is 10.1. The minimum absolute atomic E-state index is 0.686. The predicted octanol–water partition coefficient (Wildman–Crippen LogP) is 2.77. The number of anilines is 1. The van der Waals surface area contributed by atoms with Crippen LogP contribution >= 0.6 is 27.5 Å². The predicted molar refractivity (Wildman–Crippen MR) is 60.6 cm³/mol. The molecule has 0 bridgehead atoms. The molecule has 0 radical (unpaired) electrons. The van der Waals surface area contributed by atoms with Crippen molar-refractivity contribution in [1.82, 2.24) is 4.37 Å². The molecule has 0 amide bonds. The van der Waals surface area contributed by atoms with Crippen molar-refractivity contribution in [3.8, 4) is 6.07 Å².